The molecule has 0 amide bonds. The van der Waals surface area contributed by atoms with Crippen molar-refractivity contribution in [3.63, 3.8) is 0 Å². The molecule has 2 nitrogen and oxygen atoms in total. The van der Waals surface area contributed by atoms with Crippen LogP contribution in [0.15, 0.2) is 71.3 Å². The first kappa shape index (κ1) is 15.8. The number of hydrogen-bond donors (Lipinski definition) is 0. The topological polar surface area (TPSA) is 26.0 Å². The third kappa shape index (κ3) is 2.66. The molecule has 0 N–H and O–H groups in total. The standard InChI is InChI=1S/C27H23NO/c1-17-14-23-22-8-4-5-9-25(22)29-27(23)24(15-17)26-21-11-10-19(18-6-2-3-7-18)16-20(21)12-13-28-26/h4-5,8-16,18H,2-3,6-7H2,1H3/i18D. The first-order chi connectivity index (χ1) is 14.6. The van der Waals surface area contributed by atoms with Gasteiger partial charge in [0.05, 0.1) is 5.69 Å². The molecule has 29 heavy (non-hydrogen) atoms. The number of hydrogen-bond acceptors (Lipinski definition) is 2. The maximum atomic E-state index is 8.88. The minimum absolute atomic E-state index is 0.438. The van der Waals surface area contributed by atoms with E-state index in [0.717, 1.165) is 75.2 Å². The average molecular weight is 378 g/mol. The van der Waals surface area contributed by atoms with E-state index in [4.69, 9.17) is 10.8 Å². The maximum absolute atomic E-state index is 8.88. The first-order valence-electron chi connectivity index (χ1n) is 10.9. The van der Waals surface area contributed by atoms with Gasteiger partial charge in [-0.25, -0.2) is 0 Å². The summed E-state index contributed by atoms with van der Waals surface area (Å²) in [6.45, 7) is 2.12. The summed E-state index contributed by atoms with van der Waals surface area (Å²) in [4.78, 5) is 4.78. The molecule has 0 spiro atoms. The highest BCUT2D eigenvalue weighted by atomic mass is 16.3. The minimum Gasteiger partial charge on any atom is -0.455 e. The largest absolute Gasteiger partial charge is 0.455 e. The van der Waals surface area contributed by atoms with Gasteiger partial charge in [-0.15, -0.1) is 0 Å². The highest BCUT2D eigenvalue weighted by Gasteiger charge is 2.19. The molecule has 2 heterocycles. The second-order valence-corrected chi connectivity index (χ2v) is 8.19. The second-order valence-electron chi connectivity index (χ2n) is 8.19. The summed E-state index contributed by atoms with van der Waals surface area (Å²) in [7, 11) is 0. The molecule has 0 aliphatic heterocycles. The molecule has 2 heteroatoms. The molecule has 2 aromatic heterocycles. The van der Waals surface area contributed by atoms with Gasteiger partial charge in [-0.05, 0) is 66.4 Å². The quantitative estimate of drug-likeness (QED) is 0.313. The van der Waals surface area contributed by atoms with Gasteiger partial charge in [-0.1, -0.05) is 49.2 Å². The highest BCUT2D eigenvalue weighted by molar-refractivity contribution is 6.11. The van der Waals surface area contributed by atoms with Gasteiger partial charge in [0, 0.05) is 29.3 Å². The van der Waals surface area contributed by atoms with Gasteiger partial charge >= 0.3 is 0 Å². The Morgan fingerprint density at radius 1 is 0.931 bits per heavy atom. The summed E-state index contributed by atoms with van der Waals surface area (Å²) in [5.41, 5.74) is 6.08. The molecule has 1 aliphatic carbocycles. The van der Waals surface area contributed by atoms with Gasteiger partial charge in [-0.3, -0.25) is 4.98 Å². The van der Waals surface area contributed by atoms with Crippen molar-refractivity contribution in [2.75, 3.05) is 0 Å². The molecule has 1 fully saturated rings. The number of para-hydroxylation sites is 1. The number of fused-ring (bicyclic) bond motifs is 4. The molecular formula is C27H23NO. The number of aryl methyl sites for hydroxylation is 1. The molecule has 0 bridgehead atoms. The van der Waals surface area contributed by atoms with Crippen LogP contribution in [0.25, 0.3) is 44.0 Å². The van der Waals surface area contributed by atoms with Gasteiger partial charge < -0.3 is 4.42 Å². The van der Waals surface area contributed by atoms with Crippen LogP contribution in [0.3, 0.4) is 0 Å². The van der Waals surface area contributed by atoms with Crippen molar-refractivity contribution < 1.29 is 5.79 Å². The van der Waals surface area contributed by atoms with Crippen LogP contribution in [0.2, 0.25) is 0 Å². The minimum atomic E-state index is -0.438. The van der Waals surface area contributed by atoms with Crippen LogP contribution in [0.5, 0.6) is 0 Å². The highest BCUT2D eigenvalue weighted by Crippen LogP contribution is 2.40. The van der Waals surface area contributed by atoms with Crippen molar-refractivity contribution in [3.05, 3.63) is 78.0 Å². The Morgan fingerprint density at radius 3 is 2.69 bits per heavy atom. The summed E-state index contributed by atoms with van der Waals surface area (Å²) in [5, 5.41) is 4.52. The van der Waals surface area contributed by atoms with Crippen molar-refractivity contribution in [3.8, 4) is 11.3 Å². The van der Waals surface area contributed by atoms with Crippen LogP contribution in [0.1, 0.15) is 44.1 Å². The Kier molecular flexibility index (Phi) is 3.50. The number of rotatable bonds is 2. The lowest BCUT2D eigenvalue weighted by atomic mass is 9.93. The van der Waals surface area contributed by atoms with E-state index < -0.39 is 5.89 Å². The van der Waals surface area contributed by atoms with Crippen molar-refractivity contribution in [1.82, 2.24) is 4.98 Å². The second kappa shape index (κ2) is 6.45. The van der Waals surface area contributed by atoms with E-state index in [2.05, 4.69) is 55.5 Å². The molecule has 0 saturated heterocycles. The monoisotopic (exact) mass is 378 g/mol. The van der Waals surface area contributed by atoms with Gasteiger partial charge in [0.25, 0.3) is 0 Å². The summed E-state index contributed by atoms with van der Waals surface area (Å²) >= 11 is 0. The zero-order valence-electron chi connectivity index (χ0n) is 17.5. The van der Waals surface area contributed by atoms with Crippen molar-refractivity contribution >= 4 is 32.7 Å². The van der Waals surface area contributed by atoms with E-state index in [1.54, 1.807) is 0 Å². The summed E-state index contributed by atoms with van der Waals surface area (Å²) in [6.07, 6.45) is 6.08. The van der Waals surface area contributed by atoms with Gasteiger partial charge in [-0.2, -0.15) is 0 Å². The fourth-order valence-electron chi connectivity index (χ4n) is 4.85. The molecule has 1 aliphatic rings. The summed E-state index contributed by atoms with van der Waals surface area (Å²) < 4.78 is 15.2. The van der Waals surface area contributed by atoms with Gasteiger partial charge in [0.2, 0.25) is 0 Å². The zero-order valence-corrected chi connectivity index (χ0v) is 16.5. The fraction of sp³-hybridized carbons (Fsp3) is 0.222. The van der Waals surface area contributed by atoms with E-state index in [-0.39, 0.29) is 0 Å². The Morgan fingerprint density at radius 2 is 1.79 bits per heavy atom. The van der Waals surface area contributed by atoms with E-state index in [1.165, 1.54) is 5.56 Å². The lowest BCUT2D eigenvalue weighted by Gasteiger charge is -2.12. The Balaban J connectivity index is 1.61. The smallest absolute Gasteiger partial charge is 0.144 e. The lowest BCUT2D eigenvalue weighted by Crippen LogP contribution is -1.93. The predicted octanol–water partition coefficient (Wildman–Crippen LogP) is 7.77. The van der Waals surface area contributed by atoms with Gasteiger partial charge in [0.1, 0.15) is 11.2 Å². The van der Waals surface area contributed by atoms with Crippen LogP contribution < -0.4 is 0 Å². The molecule has 142 valence electrons. The van der Waals surface area contributed by atoms with Crippen molar-refractivity contribution in [2.45, 2.75) is 38.5 Å². The van der Waals surface area contributed by atoms with E-state index in [0.29, 0.717) is 0 Å². The molecule has 0 radical (unpaired) electrons. The van der Waals surface area contributed by atoms with E-state index in [1.807, 2.05) is 18.3 Å². The SMILES string of the molecule is [2H]C1(c2ccc3c(-c4cc(C)cc5c4oc4ccccc45)nccc3c2)CCCC1. The van der Waals surface area contributed by atoms with Crippen molar-refractivity contribution in [1.29, 1.82) is 0 Å². The fourth-order valence-corrected chi connectivity index (χ4v) is 4.85. The summed E-state index contributed by atoms with van der Waals surface area (Å²) in [5.74, 6) is -0.438. The number of furan rings is 1. The van der Waals surface area contributed by atoms with Crippen LogP contribution in [0.4, 0.5) is 0 Å². The molecule has 0 unspecified atom stereocenters. The molecule has 0 atom stereocenters. The Labute approximate surface area is 171 Å². The normalized spacial score (nSPS) is 16.7. The third-order valence-electron chi connectivity index (χ3n) is 6.26. The molecule has 1 saturated carbocycles. The van der Waals surface area contributed by atoms with E-state index >= 15 is 0 Å². The summed E-state index contributed by atoms with van der Waals surface area (Å²) in [6, 6.07) is 21.1. The number of benzene rings is 3. The third-order valence-corrected chi connectivity index (χ3v) is 6.26. The van der Waals surface area contributed by atoms with Gasteiger partial charge in [0.15, 0.2) is 0 Å². The molecule has 3 aromatic carbocycles. The molecular weight excluding hydrogens is 354 g/mol. The number of aromatic nitrogens is 1. The zero-order chi connectivity index (χ0) is 20.3. The first-order valence-corrected chi connectivity index (χ1v) is 10.4. The maximum Gasteiger partial charge on any atom is 0.144 e. The number of nitrogens with zero attached hydrogens (tertiary/aromatic N) is 1. The Hall–Kier alpha value is -3.13. The number of pyridine rings is 1. The predicted molar refractivity (Wildman–Crippen MR) is 120 cm³/mol. The average Bonchev–Trinajstić information content (AvgIpc) is 3.37. The lowest BCUT2D eigenvalue weighted by molar-refractivity contribution is 0.670. The van der Waals surface area contributed by atoms with Crippen molar-refractivity contribution in [2.24, 2.45) is 0 Å². The Bertz CT molecular complexity index is 1430. The van der Waals surface area contributed by atoms with Crippen LogP contribution in [-0.4, -0.2) is 4.98 Å². The van der Waals surface area contributed by atoms with Crippen LogP contribution in [0, 0.1) is 6.92 Å². The van der Waals surface area contributed by atoms with Crippen LogP contribution in [-0.2, 0) is 0 Å². The molecule has 6 rings (SSSR count). The van der Waals surface area contributed by atoms with E-state index in [9.17, 15) is 0 Å². The van der Waals surface area contributed by atoms with Crippen LogP contribution >= 0.6 is 0 Å². The molecule has 5 aromatic rings.